The van der Waals surface area contributed by atoms with E-state index in [0.717, 1.165) is 26.2 Å². The SMILES string of the molecule is CN(CC(N)=O)c1nc(OCCOCCN)nc(N2CCN(C(C)(C)C)CC2)n1. The first-order valence-corrected chi connectivity index (χ1v) is 9.87. The highest BCUT2D eigenvalue weighted by molar-refractivity contribution is 5.78. The molecule has 4 N–H and O–H groups in total. The fraction of sp³-hybridized carbons (Fsp3) is 0.778. The Bertz CT molecular complexity index is 659. The molecule has 0 bridgehead atoms. The molecule has 0 aromatic carbocycles. The first kappa shape index (κ1) is 23.0. The van der Waals surface area contributed by atoms with Crippen LogP contribution in [0.1, 0.15) is 20.8 Å². The van der Waals surface area contributed by atoms with Crippen LogP contribution in [0, 0.1) is 0 Å². The zero-order valence-electron chi connectivity index (χ0n) is 17.9. The van der Waals surface area contributed by atoms with Crippen LogP contribution in [0.3, 0.4) is 0 Å². The van der Waals surface area contributed by atoms with Gasteiger partial charge in [-0.1, -0.05) is 0 Å². The van der Waals surface area contributed by atoms with Crippen LogP contribution in [0.25, 0.3) is 0 Å². The molecule has 1 saturated heterocycles. The van der Waals surface area contributed by atoms with Crippen molar-refractivity contribution in [2.45, 2.75) is 26.3 Å². The van der Waals surface area contributed by atoms with Gasteiger partial charge in [-0.05, 0) is 20.8 Å². The summed E-state index contributed by atoms with van der Waals surface area (Å²) in [6.45, 7) is 11.6. The number of carbonyl (C=O) groups is 1. The Hall–Kier alpha value is -2.24. The number of ether oxygens (including phenoxy) is 2. The highest BCUT2D eigenvalue weighted by atomic mass is 16.5. The van der Waals surface area contributed by atoms with Crippen LogP contribution in [0.2, 0.25) is 0 Å². The summed E-state index contributed by atoms with van der Waals surface area (Å²) in [5.74, 6) is 0.397. The fourth-order valence-electron chi connectivity index (χ4n) is 2.97. The Morgan fingerprint density at radius 3 is 2.38 bits per heavy atom. The molecular weight excluding hydrogens is 376 g/mol. The fourth-order valence-corrected chi connectivity index (χ4v) is 2.97. The van der Waals surface area contributed by atoms with E-state index in [1.165, 1.54) is 0 Å². The molecule has 164 valence electrons. The molecule has 1 aromatic rings. The van der Waals surface area contributed by atoms with Gasteiger partial charge in [-0.25, -0.2) is 0 Å². The van der Waals surface area contributed by atoms with Gasteiger partial charge < -0.3 is 30.7 Å². The van der Waals surface area contributed by atoms with Crippen LogP contribution in [-0.2, 0) is 9.53 Å². The molecule has 0 unspecified atom stereocenters. The lowest BCUT2D eigenvalue weighted by Gasteiger charge is -2.42. The molecule has 0 radical (unpaired) electrons. The Morgan fingerprint density at radius 1 is 1.10 bits per heavy atom. The summed E-state index contributed by atoms with van der Waals surface area (Å²) in [5, 5.41) is 0. The van der Waals surface area contributed by atoms with Crippen LogP contribution < -0.4 is 26.0 Å². The number of nitrogens with zero attached hydrogens (tertiary/aromatic N) is 6. The highest BCUT2D eigenvalue weighted by Crippen LogP contribution is 2.21. The number of hydrogen-bond acceptors (Lipinski definition) is 10. The Labute approximate surface area is 172 Å². The lowest BCUT2D eigenvalue weighted by atomic mass is 10.1. The molecule has 2 heterocycles. The number of piperazine rings is 1. The second kappa shape index (κ2) is 10.5. The van der Waals surface area contributed by atoms with Gasteiger partial charge in [-0.3, -0.25) is 9.69 Å². The predicted molar refractivity (Wildman–Crippen MR) is 111 cm³/mol. The second-order valence-corrected chi connectivity index (χ2v) is 7.93. The predicted octanol–water partition coefficient (Wildman–Crippen LogP) is -0.932. The monoisotopic (exact) mass is 410 g/mol. The molecule has 0 saturated carbocycles. The molecule has 11 heteroatoms. The molecule has 1 aliphatic rings. The van der Waals surface area contributed by atoms with Gasteiger partial charge in [0.25, 0.3) is 0 Å². The van der Waals surface area contributed by atoms with E-state index in [4.69, 9.17) is 20.9 Å². The van der Waals surface area contributed by atoms with Gasteiger partial charge in [0, 0.05) is 45.3 Å². The third-order valence-corrected chi connectivity index (χ3v) is 4.56. The van der Waals surface area contributed by atoms with E-state index in [2.05, 4.69) is 45.5 Å². The van der Waals surface area contributed by atoms with E-state index in [1.54, 1.807) is 11.9 Å². The van der Waals surface area contributed by atoms with Crippen molar-refractivity contribution in [3.63, 3.8) is 0 Å². The zero-order chi connectivity index (χ0) is 21.4. The van der Waals surface area contributed by atoms with Crippen LogP contribution in [0.5, 0.6) is 6.01 Å². The number of primary amides is 1. The molecule has 0 spiro atoms. The Balaban J connectivity index is 2.12. The number of carbonyl (C=O) groups excluding carboxylic acids is 1. The lowest BCUT2D eigenvalue weighted by molar-refractivity contribution is -0.116. The Morgan fingerprint density at radius 2 is 1.79 bits per heavy atom. The minimum Gasteiger partial charge on any atom is -0.461 e. The van der Waals surface area contributed by atoms with E-state index in [9.17, 15) is 4.79 Å². The second-order valence-electron chi connectivity index (χ2n) is 7.93. The summed E-state index contributed by atoms with van der Waals surface area (Å²) in [6.07, 6.45) is 0. The van der Waals surface area contributed by atoms with E-state index in [1.807, 2.05) is 0 Å². The summed E-state index contributed by atoms with van der Waals surface area (Å²) in [7, 11) is 1.70. The number of rotatable bonds is 10. The first-order chi connectivity index (χ1) is 13.7. The van der Waals surface area contributed by atoms with Gasteiger partial charge in [0.05, 0.1) is 19.8 Å². The van der Waals surface area contributed by atoms with Crippen molar-refractivity contribution in [3.05, 3.63) is 0 Å². The third-order valence-electron chi connectivity index (χ3n) is 4.56. The van der Waals surface area contributed by atoms with Gasteiger partial charge in [-0.2, -0.15) is 15.0 Å². The van der Waals surface area contributed by atoms with E-state index in [0.29, 0.717) is 38.3 Å². The zero-order valence-corrected chi connectivity index (χ0v) is 17.9. The molecule has 1 aromatic heterocycles. The molecule has 2 rings (SSSR count). The number of nitrogens with two attached hydrogens (primary N) is 2. The minimum atomic E-state index is -0.467. The maximum Gasteiger partial charge on any atom is 0.323 e. The molecule has 0 aliphatic carbocycles. The van der Waals surface area contributed by atoms with Gasteiger partial charge in [0.15, 0.2) is 0 Å². The minimum absolute atomic E-state index is 0.000304. The van der Waals surface area contributed by atoms with Crippen LogP contribution in [0.15, 0.2) is 0 Å². The normalized spacial score (nSPS) is 15.4. The van der Waals surface area contributed by atoms with Crippen LogP contribution in [-0.4, -0.2) is 97.4 Å². The quantitative estimate of drug-likeness (QED) is 0.465. The smallest absolute Gasteiger partial charge is 0.323 e. The van der Waals surface area contributed by atoms with Crippen molar-refractivity contribution in [3.8, 4) is 6.01 Å². The lowest BCUT2D eigenvalue weighted by Crippen LogP contribution is -2.53. The molecule has 11 nitrogen and oxygen atoms in total. The van der Waals surface area contributed by atoms with E-state index in [-0.39, 0.29) is 18.1 Å². The summed E-state index contributed by atoms with van der Waals surface area (Å²) in [5.41, 5.74) is 10.8. The maximum absolute atomic E-state index is 11.3. The summed E-state index contributed by atoms with van der Waals surface area (Å²) in [4.78, 5) is 30.7. The van der Waals surface area contributed by atoms with Crippen molar-refractivity contribution in [2.24, 2.45) is 11.5 Å². The molecular formula is C18H34N8O3. The van der Waals surface area contributed by atoms with Gasteiger partial charge in [-0.15, -0.1) is 0 Å². The van der Waals surface area contributed by atoms with Gasteiger partial charge >= 0.3 is 6.01 Å². The topological polar surface area (TPSA) is 136 Å². The number of amides is 1. The molecule has 1 aliphatic heterocycles. The first-order valence-electron chi connectivity index (χ1n) is 9.87. The number of anilines is 2. The summed E-state index contributed by atoms with van der Waals surface area (Å²) in [6, 6.07) is 0.191. The van der Waals surface area contributed by atoms with Crippen molar-refractivity contribution in [1.29, 1.82) is 0 Å². The maximum atomic E-state index is 11.3. The van der Waals surface area contributed by atoms with E-state index >= 15 is 0 Å². The summed E-state index contributed by atoms with van der Waals surface area (Å²) >= 11 is 0. The van der Waals surface area contributed by atoms with Crippen LogP contribution in [0.4, 0.5) is 11.9 Å². The van der Waals surface area contributed by atoms with Gasteiger partial charge in [0.1, 0.15) is 6.61 Å². The molecule has 1 amide bonds. The summed E-state index contributed by atoms with van der Waals surface area (Å²) < 4.78 is 11.0. The average Bonchev–Trinajstić information content (AvgIpc) is 2.66. The third kappa shape index (κ3) is 7.26. The average molecular weight is 411 g/mol. The molecule has 0 atom stereocenters. The number of hydrogen-bond donors (Lipinski definition) is 2. The molecule has 1 fully saturated rings. The highest BCUT2D eigenvalue weighted by Gasteiger charge is 2.27. The van der Waals surface area contributed by atoms with Crippen molar-refractivity contribution < 1.29 is 14.3 Å². The standard InChI is InChI=1S/C18H34N8O3/c1-18(2,3)26-8-6-25(7-9-26)16-21-15(24(4)13-14(20)27)22-17(23-16)29-12-11-28-10-5-19/h5-13,19H2,1-4H3,(H2,20,27). The largest absolute Gasteiger partial charge is 0.461 e. The van der Waals surface area contributed by atoms with Crippen molar-refractivity contribution >= 4 is 17.8 Å². The number of aromatic nitrogens is 3. The van der Waals surface area contributed by atoms with Crippen molar-refractivity contribution in [2.75, 3.05) is 75.9 Å². The van der Waals surface area contributed by atoms with Crippen LogP contribution >= 0.6 is 0 Å². The van der Waals surface area contributed by atoms with Gasteiger partial charge in [0.2, 0.25) is 17.8 Å². The van der Waals surface area contributed by atoms with E-state index < -0.39 is 5.91 Å². The van der Waals surface area contributed by atoms with Crippen molar-refractivity contribution in [1.82, 2.24) is 19.9 Å². The molecule has 29 heavy (non-hydrogen) atoms. The number of likely N-dealkylation sites (N-methyl/N-ethyl adjacent to an activating group) is 1. The Kier molecular flexibility index (Phi) is 8.35.